The number of carbonyl (C=O) groups is 2. The molecule has 2 atom stereocenters. The Morgan fingerprint density at radius 2 is 1.73 bits per heavy atom. The van der Waals surface area contributed by atoms with E-state index in [-0.39, 0.29) is 17.9 Å². The predicted molar refractivity (Wildman–Crippen MR) is 168 cm³/mol. The van der Waals surface area contributed by atoms with Gasteiger partial charge in [0.25, 0.3) is 5.91 Å². The van der Waals surface area contributed by atoms with Crippen LogP contribution in [0.3, 0.4) is 0 Å². The van der Waals surface area contributed by atoms with Crippen molar-refractivity contribution in [2.75, 3.05) is 49.7 Å². The van der Waals surface area contributed by atoms with Crippen LogP contribution in [0.25, 0.3) is 11.3 Å². The van der Waals surface area contributed by atoms with E-state index >= 15 is 0 Å². The van der Waals surface area contributed by atoms with Crippen molar-refractivity contribution in [3.8, 4) is 11.3 Å². The minimum Gasteiger partial charge on any atom is -0.381 e. The number of aromatic nitrogens is 3. The molecule has 2 N–H and O–H groups in total. The summed E-state index contributed by atoms with van der Waals surface area (Å²) in [7, 11) is 0. The van der Waals surface area contributed by atoms with E-state index in [2.05, 4.69) is 30.5 Å². The van der Waals surface area contributed by atoms with E-state index in [0.717, 1.165) is 42.9 Å². The maximum atomic E-state index is 13.6. The Labute approximate surface area is 266 Å². The van der Waals surface area contributed by atoms with Crippen LogP contribution in [-0.2, 0) is 20.8 Å². The highest BCUT2D eigenvalue weighted by molar-refractivity contribution is 6.33. The zero-order valence-electron chi connectivity index (χ0n) is 24.7. The molecule has 0 unspecified atom stereocenters. The Kier molecular flexibility index (Phi) is 9.18. The average Bonchev–Trinajstić information content (AvgIpc) is 3.38. The van der Waals surface area contributed by atoms with Gasteiger partial charge in [0.15, 0.2) is 0 Å². The van der Waals surface area contributed by atoms with Gasteiger partial charge in [-0.3, -0.25) is 9.59 Å². The minimum absolute atomic E-state index is 0.223. The SMILES string of the molecule is C[C@H](C(=O)N[C@H](C)c1cc(N2CCOCC2)ncc1Cl)N1Cc2ccc(-c3nc(NC4CCOCC4)ncc3Cl)cc2C1=O. The number of hydrogen-bond donors (Lipinski definition) is 2. The van der Waals surface area contributed by atoms with E-state index in [1.54, 1.807) is 30.3 Å². The number of rotatable bonds is 8. The fraction of sp³-hybridized carbons (Fsp3) is 0.452. The Morgan fingerprint density at radius 1 is 1.00 bits per heavy atom. The van der Waals surface area contributed by atoms with Gasteiger partial charge in [-0.2, -0.15) is 0 Å². The van der Waals surface area contributed by atoms with E-state index in [9.17, 15) is 9.59 Å². The van der Waals surface area contributed by atoms with Crippen LogP contribution in [0.4, 0.5) is 11.8 Å². The summed E-state index contributed by atoms with van der Waals surface area (Å²) in [6.07, 6.45) is 4.93. The molecule has 1 aromatic carbocycles. The predicted octanol–water partition coefficient (Wildman–Crippen LogP) is 4.49. The van der Waals surface area contributed by atoms with Gasteiger partial charge < -0.3 is 29.9 Å². The number of nitrogens with zero attached hydrogens (tertiary/aromatic N) is 5. The second-order valence-corrected chi connectivity index (χ2v) is 12.1. The Balaban J connectivity index is 1.14. The highest BCUT2D eigenvalue weighted by Gasteiger charge is 2.35. The van der Waals surface area contributed by atoms with E-state index in [0.29, 0.717) is 65.8 Å². The Hall–Kier alpha value is -3.51. The molecule has 0 spiro atoms. The molecule has 0 aliphatic carbocycles. The second-order valence-electron chi connectivity index (χ2n) is 11.3. The number of anilines is 2. The summed E-state index contributed by atoms with van der Waals surface area (Å²) < 4.78 is 10.9. The molecule has 3 aromatic rings. The van der Waals surface area contributed by atoms with Crippen molar-refractivity contribution in [1.82, 2.24) is 25.2 Å². The van der Waals surface area contributed by atoms with Gasteiger partial charge in [0.2, 0.25) is 11.9 Å². The van der Waals surface area contributed by atoms with E-state index in [4.69, 9.17) is 32.7 Å². The van der Waals surface area contributed by atoms with Gasteiger partial charge >= 0.3 is 0 Å². The van der Waals surface area contributed by atoms with Crippen LogP contribution in [0, 0.1) is 0 Å². The lowest BCUT2D eigenvalue weighted by molar-refractivity contribution is -0.125. The van der Waals surface area contributed by atoms with Crippen LogP contribution in [0.2, 0.25) is 10.0 Å². The third-order valence-electron chi connectivity index (χ3n) is 8.39. The molecule has 11 nitrogen and oxygen atoms in total. The fourth-order valence-corrected chi connectivity index (χ4v) is 6.21. The summed E-state index contributed by atoms with van der Waals surface area (Å²) in [6.45, 7) is 8.08. The topological polar surface area (TPSA) is 122 Å². The van der Waals surface area contributed by atoms with Crippen LogP contribution in [0.1, 0.15) is 54.2 Å². The van der Waals surface area contributed by atoms with E-state index < -0.39 is 12.1 Å². The van der Waals surface area contributed by atoms with Crippen LogP contribution in [0.5, 0.6) is 0 Å². The largest absolute Gasteiger partial charge is 0.381 e. The van der Waals surface area contributed by atoms with Crippen molar-refractivity contribution in [2.24, 2.45) is 0 Å². The van der Waals surface area contributed by atoms with Crippen molar-refractivity contribution >= 4 is 46.8 Å². The molecular formula is C31H35Cl2N7O4. The average molecular weight is 641 g/mol. The van der Waals surface area contributed by atoms with Gasteiger partial charge in [-0.25, -0.2) is 15.0 Å². The molecule has 2 fully saturated rings. The molecule has 5 heterocycles. The van der Waals surface area contributed by atoms with Gasteiger partial charge in [0, 0.05) is 56.2 Å². The lowest BCUT2D eigenvalue weighted by Gasteiger charge is -2.29. The summed E-state index contributed by atoms with van der Waals surface area (Å²) in [5, 5.41) is 7.26. The summed E-state index contributed by atoms with van der Waals surface area (Å²) in [5.74, 6) is 0.774. The number of ether oxygens (including phenoxy) is 2. The normalized spacial score (nSPS) is 18.6. The highest BCUT2D eigenvalue weighted by atomic mass is 35.5. The quantitative estimate of drug-likeness (QED) is 0.367. The first-order chi connectivity index (χ1) is 21.3. The van der Waals surface area contributed by atoms with Crippen LogP contribution < -0.4 is 15.5 Å². The first kappa shape index (κ1) is 30.5. The molecule has 0 bridgehead atoms. The monoisotopic (exact) mass is 639 g/mol. The summed E-state index contributed by atoms with van der Waals surface area (Å²) in [4.78, 5) is 44.2. The van der Waals surface area contributed by atoms with Gasteiger partial charge in [0.05, 0.1) is 41.2 Å². The Bertz CT molecular complexity index is 1550. The van der Waals surface area contributed by atoms with Gasteiger partial charge in [-0.05, 0) is 49.9 Å². The molecule has 44 heavy (non-hydrogen) atoms. The summed E-state index contributed by atoms with van der Waals surface area (Å²) in [5.41, 5.74) is 3.36. The van der Waals surface area contributed by atoms with Gasteiger partial charge in [0.1, 0.15) is 11.9 Å². The van der Waals surface area contributed by atoms with Gasteiger partial charge in [-0.15, -0.1) is 0 Å². The number of carbonyl (C=O) groups excluding carboxylic acids is 2. The number of halogens is 2. The number of nitrogens with one attached hydrogen (secondary N) is 2. The van der Waals surface area contributed by atoms with Crippen molar-refractivity contribution in [2.45, 2.75) is 51.4 Å². The number of hydrogen-bond acceptors (Lipinski definition) is 9. The molecule has 0 radical (unpaired) electrons. The number of pyridine rings is 1. The summed E-state index contributed by atoms with van der Waals surface area (Å²) in [6, 6.07) is 6.61. The second kappa shape index (κ2) is 13.2. The lowest BCUT2D eigenvalue weighted by Crippen LogP contribution is -2.46. The zero-order chi connectivity index (χ0) is 30.8. The standard InChI is InChI=1S/C31H35Cl2N7O4/c1-18(23-14-27(34-15-25(23)32)39-7-11-44-12-8-39)36-29(41)19(2)40-17-21-4-3-20(13-24(21)30(40)42)28-26(33)16-35-31(38-28)37-22-5-9-43-10-6-22/h3-4,13-16,18-19,22H,5-12,17H2,1-2H3,(H,36,41)(H,35,37,38)/t18-,19-/m1/s1. The summed E-state index contributed by atoms with van der Waals surface area (Å²) >= 11 is 13.0. The first-order valence-corrected chi connectivity index (χ1v) is 15.6. The third-order valence-corrected chi connectivity index (χ3v) is 8.98. The number of amides is 2. The smallest absolute Gasteiger partial charge is 0.255 e. The van der Waals surface area contributed by atoms with Crippen molar-refractivity contribution in [1.29, 1.82) is 0 Å². The molecule has 2 amide bonds. The number of morpholine rings is 1. The Morgan fingerprint density at radius 3 is 2.50 bits per heavy atom. The van der Waals surface area contributed by atoms with E-state index in [1.807, 2.05) is 25.1 Å². The fourth-order valence-electron chi connectivity index (χ4n) is 5.74. The maximum absolute atomic E-state index is 13.6. The maximum Gasteiger partial charge on any atom is 0.255 e. The third kappa shape index (κ3) is 6.46. The number of benzene rings is 1. The van der Waals surface area contributed by atoms with E-state index in [1.165, 1.54) is 0 Å². The molecule has 3 aliphatic rings. The molecule has 6 rings (SSSR count). The lowest BCUT2D eigenvalue weighted by atomic mass is 10.0. The van der Waals surface area contributed by atoms with Crippen LogP contribution in [-0.4, -0.2) is 83.3 Å². The molecule has 2 saturated heterocycles. The van der Waals surface area contributed by atoms with Crippen molar-refractivity contribution < 1.29 is 19.1 Å². The van der Waals surface area contributed by atoms with Gasteiger partial charge in [-0.1, -0.05) is 35.3 Å². The molecule has 0 saturated carbocycles. The van der Waals surface area contributed by atoms with Crippen molar-refractivity contribution in [3.05, 3.63) is 63.4 Å². The molecule has 13 heteroatoms. The molecule has 3 aliphatic heterocycles. The van der Waals surface area contributed by atoms with Crippen molar-refractivity contribution in [3.63, 3.8) is 0 Å². The first-order valence-electron chi connectivity index (χ1n) is 14.9. The molecule has 232 valence electrons. The zero-order valence-corrected chi connectivity index (χ0v) is 26.2. The van der Waals surface area contributed by atoms with Crippen LogP contribution >= 0.6 is 23.2 Å². The molecular weight excluding hydrogens is 605 g/mol. The van der Waals surface area contributed by atoms with Crippen LogP contribution in [0.15, 0.2) is 36.7 Å². The molecule has 2 aromatic heterocycles. The minimum atomic E-state index is -0.710. The number of fused-ring (bicyclic) bond motifs is 1. The highest BCUT2D eigenvalue weighted by Crippen LogP contribution is 2.33.